The Kier molecular flexibility index (Phi) is 12.0. The minimum absolute atomic E-state index is 0. The summed E-state index contributed by atoms with van der Waals surface area (Å²) in [6, 6.07) is 8.22. The van der Waals surface area contributed by atoms with Gasteiger partial charge in [0.25, 0.3) is 0 Å². The number of allylic oxidation sites excluding steroid dienone is 5. The van der Waals surface area contributed by atoms with Crippen molar-refractivity contribution in [1.82, 2.24) is 34.8 Å². The Balaban J connectivity index is 0.00000523. The Morgan fingerprint density at radius 1 is 0.846 bits per heavy atom. The Labute approximate surface area is 314 Å². The zero-order valence-corrected chi connectivity index (χ0v) is 31.5. The molecule has 52 heavy (non-hydrogen) atoms. The number of H-pyrrole nitrogens is 2. The molecule has 0 fully saturated rings. The Hall–Kier alpha value is -5.25. The summed E-state index contributed by atoms with van der Waals surface area (Å²) in [7, 11) is 1.40. The molecular formula is C41H45FeN7O3. The van der Waals surface area contributed by atoms with E-state index in [1.54, 1.807) is 12.5 Å². The van der Waals surface area contributed by atoms with Crippen LogP contribution >= 0.6 is 0 Å². The number of amides is 1. The SMILES string of the molecule is C=CC1=C(C)c2cc3nc(cc4[nH]c(cc5[nH]c(cc1n2)c(C)c5C=C)c(C)c4CCC(=O)NCCCn1ccnc1)C(CCC(=O)OC)=C3C.[Fe]. The second-order valence-electron chi connectivity index (χ2n) is 13.0. The topological polar surface area (TPSA) is 131 Å². The van der Waals surface area contributed by atoms with Crippen LogP contribution in [0, 0.1) is 13.8 Å². The molecule has 2 aliphatic rings. The van der Waals surface area contributed by atoms with Crippen LogP contribution in [0.1, 0.15) is 84.6 Å². The van der Waals surface area contributed by atoms with Crippen LogP contribution in [0.3, 0.4) is 0 Å². The van der Waals surface area contributed by atoms with Crippen LogP contribution in [0.5, 0.6) is 0 Å². The number of nitrogens with zero attached hydrogens (tertiary/aromatic N) is 4. The van der Waals surface area contributed by atoms with Crippen molar-refractivity contribution >= 4 is 62.3 Å². The maximum absolute atomic E-state index is 13.0. The zero-order valence-electron chi connectivity index (χ0n) is 30.4. The van der Waals surface area contributed by atoms with Crippen molar-refractivity contribution in [2.75, 3.05) is 13.7 Å². The van der Waals surface area contributed by atoms with Crippen molar-refractivity contribution in [3.63, 3.8) is 0 Å². The normalized spacial score (nSPS) is 12.5. The summed E-state index contributed by atoms with van der Waals surface area (Å²) in [6.07, 6.45) is 11.5. The molecule has 0 unspecified atom stereocenters. The molecular weight excluding hydrogens is 694 g/mol. The molecule has 4 aromatic rings. The van der Waals surface area contributed by atoms with E-state index in [0.717, 1.165) is 102 Å². The molecule has 0 aliphatic carbocycles. The van der Waals surface area contributed by atoms with Gasteiger partial charge in [0, 0.05) is 88.6 Å². The van der Waals surface area contributed by atoms with Crippen molar-refractivity contribution in [2.45, 2.75) is 66.3 Å². The Bertz CT molecular complexity index is 2270. The second kappa shape index (κ2) is 16.4. The summed E-state index contributed by atoms with van der Waals surface area (Å²) >= 11 is 0. The van der Waals surface area contributed by atoms with Crippen molar-refractivity contribution in [3.8, 4) is 0 Å². The number of esters is 1. The van der Waals surface area contributed by atoms with Crippen LogP contribution in [0.2, 0.25) is 0 Å². The van der Waals surface area contributed by atoms with Gasteiger partial charge >= 0.3 is 5.97 Å². The number of imidazole rings is 1. The molecule has 270 valence electrons. The maximum atomic E-state index is 13.0. The molecule has 0 spiro atoms. The molecule has 0 radical (unpaired) electrons. The number of carbonyl (C=O) groups excluding carboxylic acids is 2. The van der Waals surface area contributed by atoms with Gasteiger partial charge in [0.05, 0.1) is 36.2 Å². The molecule has 0 aromatic carbocycles. The number of carbonyl (C=O) groups is 2. The fourth-order valence-corrected chi connectivity index (χ4v) is 6.87. The predicted octanol–water partition coefficient (Wildman–Crippen LogP) is 7.91. The number of aromatic nitrogens is 6. The Morgan fingerprint density at radius 3 is 2.27 bits per heavy atom. The van der Waals surface area contributed by atoms with Crippen LogP contribution in [0.4, 0.5) is 0 Å². The number of methoxy groups -OCH3 is 1. The first-order valence-electron chi connectivity index (χ1n) is 17.3. The summed E-state index contributed by atoms with van der Waals surface area (Å²) in [5.74, 6) is -0.281. The first kappa shape index (κ1) is 38.0. The van der Waals surface area contributed by atoms with Gasteiger partial charge in [-0.05, 0) is 105 Å². The van der Waals surface area contributed by atoms with E-state index in [0.29, 0.717) is 25.8 Å². The molecule has 10 nitrogen and oxygen atoms in total. The van der Waals surface area contributed by atoms with E-state index in [1.807, 2.05) is 48.9 Å². The third kappa shape index (κ3) is 7.81. The summed E-state index contributed by atoms with van der Waals surface area (Å²) in [5, 5.41) is 3.07. The number of hydrogen-bond donors (Lipinski definition) is 3. The standard InChI is InChI=1S/C41H45N7O3.Fe/c1-8-28-24(3)32-19-33-27(6)31(12-14-41(50)51-7)39(46-33)22-38-30(11-13-40(49)43-15-10-17-48-18-16-42-23-48)26(5)35(47-38)21-37-29(9-2)25(4)34(45-37)20-36(28)44-32;/h8-9,16,18-23,45,47H,1-2,10-15,17H2,3-7H3,(H,43,49);. The fraction of sp³-hybridized carbons (Fsp3) is 0.293. The van der Waals surface area contributed by atoms with Crippen molar-refractivity contribution in [3.05, 3.63) is 107 Å². The molecule has 2 aliphatic heterocycles. The van der Waals surface area contributed by atoms with Crippen LogP contribution < -0.4 is 5.32 Å². The van der Waals surface area contributed by atoms with Crippen LogP contribution in [0.15, 0.2) is 62.2 Å². The average Bonchev–Trinajstić information content (AvgIpc) is 3.92. The van der Waals surface area contributed by atoms with Gasteiger partial charge in [-0.1, -0.05) is 25.3 Å². The zero-order chi connectivity index (χ0) is 36.2. The third-order valence-electron chi connectivity index (χ3n) is 9.93. The fourth-order valence-electron chi connectivity index (χ4n) is 6.87. The average molecular weight is 740 g/mol. The number of hydrogen-bond acceptors (Lipinski definition) is 6. The molecule has 4 aromatic heterocycles. The van der Waals surface area contributed by atoms with E-state index in [1.165, 1.54) is 7.11 Å². The number of aromatic amines is 2. The van der Waals surface area contributed by atoms with Crippen molar-refractivity contribution in [2.24, 2.45) is 0 Å². The van der Waals surface area contributed by atoms with Crippen molar-refractivity contribution in [1.29, 1.82) is 0 Å². The van der Waals surface area contributed by atoms with Crippen LogP contribution in [0.25, 0.3) is 50.4 Å². The Morgan fingerprint density at radius 2 is 1.56 bits per heavy atom. The minimum Gasteiger partial charge on any atom is -0.469 e. The van der Waals surface area contributed by atoms with E-state index >= 15 is 0 Å². The maximum Gasteiger partial charge on any atom is 0.305 e. The number of rotatable bonds is 12. The number of nitrogens with one attached hydrogen (secondary N) is 3. The minimum atomic E-state index is -0.280. The van der Waals surface area contributed by atoms with Crippen LogP contribution in [-0.4, -0.2) is 55.0 Å². The molecule has 3 N–H and O–H groups in total. The van der Waals surface area contributed by atoms with Gasteiger partial charge in [-0.25, -0.2) is 15.0 Å². The molecule has 6 rings (SSSR count). The predicted molar refractivity (Wildman–Crippen MR) is 205 cm³/mol. The largest absolute Gasteiger partial charge is 0.469 e. The summed E-state index contributed by atoms with van der Waals surface area (Å²) in [4.78, 5) is 46.8. The summed E-state index contributed by atoms with van der Waals surface area (Å²) in [5.41, 5.74) is 14.9. The van der Waals surface area contributed by atoms with Gasteiger partial charge in [-0.15, -0.1) is 0 Å². The smallest absolute Gasteiger partial charge is 0.305 e. The molecule has 11 heteroatoms. The van der Waals surface area contributed by atoms with E-state index in [4.69, 9.17) is 14.7 Å². The monoisotopic (exact) mass is 739 g/mol. The van der Waals surface area contributed by atoms with Gasteiger partial charge in [0.2, 0.25) is 5.91 Å². The van der Waals surface area contributed by atoms with Gasteiger partial charge < -0.3 is 24.6 Å². The number of aryl methyl sites for hydroxylation is 4. The van der Waals surface area contributed by atoms with Gasteiger partial charge in [-0.2, -0.15) is 0 Å². The van der Waals surface area contributed by atoms with Gasteiger partial charge in [0.1, 0.15) is 0 Å². The van der Waals surface area contributed by atoms with Gasteiger partial charge in [-0.3, -0.25) is 9.59 Å². The summed E-state index contributed by atoms with van der Waals surface area (Å²) < 4.78 is 6.98. The molecule has 8 bridgehead atoms. The quantitative estimate of drug-likeness (QED) is 0.0770. The first-order valence-corrected chi connectivity index (χ1v) is 17.3. The van der Waals surface area contributed by atoms with E-state index in [-0.39, 0.29) is 35.4 Å². The van der Waals surface area contributed by atoms with E-state index in [9.17, 15) is 9.59 Å². The number of ether oxygens (including phenoxy) is 1. The molecule has 1 amide bonds. The molecule has 6 heterocycles. The van der Waals surface area contributed by atoms with Gasteiger partial charge in [0.15, 0.2) is 0 Å². The van der Waals surface area contributed by atoms with E-state index in [2.05, 4.69) is 59.4 Å². The molecule has 0 saturated heterocycles. The second-order valence-corrected chi connectivity index (χ2v) is 13.0. The first-order chi connectivity index (χ1) is 24.6. The summed E-state index contributed by atoms with van der Waals surface area (Å²) in [6.45, 7) is 17.8. The molecule has 0 atom stereocenters. The number of fused-ring (bicyclic) bond motifs is 8. The van der Waals surface area contributed by atoms with E-state index < -0.39 is 0 Å². The third-order valence-corrected chi connectivity index (χ3v) is 9.93. The molecule has 0 saturated carbocycles. The van der Waals surface area contributed by atoms with Crippen LogP contribution in [-0.2, 0) is 44.4 Å². The van der Waals surface area contributed by atoms with Crippen molar-refractivity contribution < 1.29 is 31.4 Å².